The molecular weight excluding hydrogens is 172 g/mol. The summed E-state index contributed by atoms with van der Waals surface area (Å²) in [5.41, 5.74) is 2.60. The molecule has 74 valence electrons. The summed E-state index contributed by atoms with van der Waals surface area (Å²) >= 11 is 0. The van der Waals surface area contributed by atoms with Gasteiger partial charge in [0.05, 0.1) is 0 Å². The Kier molecular flexibility index (Phi) is 2.87. The fourth-order valence-electron chi connectivity index (χ4n) is 1.73. The van der Waals surface area contributed by atoms with Crippen molar-refractivity contribution < 1.29 is 4.74 Å². The minimum absolute atomic E-state index is 0.744. The number of fused-ring (bicyclic) bond motifs is 1. The SMILES string of the molecule is CCCCC=C1OCc2ccccc21. The highest BCUT2D eigenvalue weighted by Gasteiger charge is 2.15. The van der Waals surface area contributed by atoms with Crippen LogP contribution >= 0.6 is 0 Å². The first-order chi connectivity index (χ1) is 6.92. The highest BCUT2D eigenvalue weighted by molar-refractivity contribution is 5.65. The fraction of sp³-hybridized carbons (Fsp3) is 0.385. The van der Waals surface area contributed by atoms with Crippen molar-refractivity contribution in [3.8, 4) is 0 Å². The van der Waals surface area contributed by atoms with E-state index < -0.39 is 0 Å². The summed E-state index contributed by atoms with van der Waals surface area (Å²) in [5, 5.41) is 0. The Labute approximate surface area is 85.4 Å². The van der Waals surface area contributed by atoms with E-state index in [0.717, 1.165) is 18.8 Å². The zero-order valence-corrected chi connectivity index (χ0v) is 8.62. The predicted octanol–water partition coefficient (Wildman–Crippen LogP) is 3.75. The molecule has 0 saturated carbocycles. The van der Waals surface area contributed by atoms with E-state index in [1.54, 1.807) is 0 Å². The summed E-state index contributed by atoms with van der Waals surface area (Å²) < 4.78 is 5.63. The van der Waals surface area contributed by atoms with Crippen LogP contribution in [-0.2, 0) is 11.3 Å². The van der Waals surface area contributed by atoms with Gasteiger partial charge in [0.15, 0.2) is 0 Å². The van der Waals surface area contributed by atoms with Gasteiger partial charge in [0, 0.05) is 11.1 Å². The minimum atomic E-state index is 0.744. The second-order valence-electron chi connectivity index (χ2n) is 3.66. The first-order valence-corrected chi connectivity index (χ1v) is 5.33. The van der Waals surface area contributed by atoms with Crippen molar-refractivity contribution in [1.82, 2.24) is 0 Å². The van der Waals surface area contributed by atoms with Gasteiger partial charge in [0.25, 0.3) is 0 Å². The van der Waals surface area contributed by atoms with Crippen LogP contribution in [0.4, 0.5) is 0 Å². The molecule has 1 aliphatic heterocycles. The van der Waals surface area contributed by atoms with Crippen LogP contribution in [0.15, 0.2) is 30.3 Å². The van der Waals surface area contributed by atoms with Crippen LogP contribution in [0.25, 0.3) is 5.76 Å². The number of benzene rings is 1. The van der Waals surface area contributed by atoms with Crippen molar-refractivity contribution in [3.05, 3.63) is 41.5 Å². The Hall–Kier alpha value is -1.24. The molecule has 1 heterocycles. The summed E-state index contributed by atoms with van der Waals surface area (Å²) in [6.45, 7) is 2.95. The van der Waals surface area contributed by atoms with Crippen molar-refractivity contribution in [2.45, 2.75) is 32.8 Å². The van der Waals surface area contributed by atoms with Gasteiger partial charge in [-0.25, -0.2) is 0 Å². The number of hydrogen-bond acceptors (Lipinski definition) is 1. The Morgan fingerprint density at radius 3 is 3.07 bits per heavy atom. The third kappa shape index (κ3) is 1.82. The molecule has 14 heavy (non-hydrogen) atoms. The smallest absolute Gasteiger partial charge is 0.123 e. The lowest BCUT2D eigenvalue weighted by Crippen LogP contribution is -1.79. The zero-order chi connectivity index (χ0) is 9.80. The molecule has 1 aromatic carbocycles. The van der Waals surface area contributed by atoms with Crippen molar-refractivity contribution in [1.29, 1.82) is 0 Å². The van der Waals surface area contributed by atoms with Gasteiger partial charge >= 0.3 is 0 Å². The van der Waals surface area contributed by atoms with Gasteiger partial charge in [0.1, 0.15) is 12.4 Å². The molecule has 0 radical (unpaired) electrons. The number of rotatable bonds is 3. The van der Waals surface area contributed by atoms with Gasteiger partial charge in [0.2, 0.25) is 0 Å². The molecule has 1 aliphatic rings. The summed E-state index contributed by atoms with van der Waals surface area (Å²) in [4.78, 5) is 0. The van der Waals surface area contributed by atoms with Gasteiger partial charge in [-0.15, -0.1) is 0 Å². The number of ether oxygens (including phenoxy) is 1. The van der Waals surface area contributed by atoms with E-state index in [9.17, 15) is 0 Å². The molecule has 0 aromatic heterocycles. The van der Waals surface area contributed by atoms with E-state index in [1.807, 2.05) is 0 Å². The second kappa shape index (κ2) is 4.32. The maximum absolute atomic E-state index is 5.63. The predicted molar refractivity (Wildman–Crippen MR) is 58.7 cm³/mol. The normalized spacial score (nSPS) is 16.8. The first kappa shape index (κ1) is 9.32. The van der Waals surface area contributed by atoms with Crippen molar-refractivity contribution in [3.63, 3.8) is 0 Å². The topological polar surface area (TPSA) is 9.23 Å². The lowest BCUT2D eigenvalue weighted by molar-refractivity contribution is 0.284. The van der Waals surface area contributed by atoms with E-state index in [4.69, 9.17) is 4.74 Å². The summed E-state index contributed by atoms with van der Waals surface area (Å²) in [6.07, 6.45) is 5.83. The third-order valence-corrected chi connectivity index (χ3v) is 2.55. The van der Waals surface area contributed by atoms with Crippen LogP contribution in [0.1, 0.15) is 37.3 Å². The number of allylic oxidation sites excluding steroid dienone is 1. The molecule has 0 fully saturated rings. The maximum Gasteiger partial charge on any atom is 0.123 e. The Bertz CT molecular complexity index is 339. The van der Waals surface area contributed by atoms with Crippen LogP contribution in [0, 0.1) is 0 Å². The van der Waals surface area contributed by atoms with Gasteiger partial charge in [-0.2, -0.15) is 0 Å². The number of hydrogen-bond donors (Lipinski definition) is 0. The van der Waals surface area contributed by atoms with E-state index in [0.29, 0.717) is 0 Å². The van der Waals surface area contributed by atoms with Crippen molar-refractivity contribution in [2.75, 3.05) is 0 Å². The van der Waals surface area contributed by atoms with Crippen LogP contribution < -0.4 is 0 Å². The van der Waals surface area contributed by atoms with Crippen LogP contribution in [0.2, 0.25) is 0 Å². The molecule has 1 aromatic rings. The van der Waals surface area contributed by atoms with Crippen molar-refractivity contribution in [2.24, 2.45) is 0 Å². The van der Waals surface area contributed by atoms with E-state index in [-0.39, 0.29) is 0 Å². The highest BCUT2D eigenvalue weighted by atomic mass is 16.5. The fourth-order valence-corrected chi connectivity index (χ4v) is 1.73. The lowest BCUT2D eigenvalue weighted by Gasteiger charge is -1.99. The second-order valence-corrected chi connectivity index (χ2v) is 3.66. The van der Waals surface area contributed by atoms with E-state index >= 15 is 0 Å². The molecule has 0 saturated heterocycles. The molecule has 0 unspecified atom stereocenters. The monoisotopic (exact) mass is 188 g/mol. The Morgan fingerprint density at radius 1 is 1.36 bits per heavy atom. The molecule has 0 spiro atoms. The molecule has 1 nitrogen and oxygen atoms in total. The molecule has 0 aliphatic carbocycles. The third-order valence-electron chi connectivity index (χ3n) is 2.55. The van der Waals surface area contributed by atoms with Gasteiger partial charge < -0.3 is 4.74 Å². The van der Waals surface area contributed by atoms with Gasteiger partial charge in [-0.05, 0) is 18.9 Å². The first-order valence-electron chi connectivity index (χ1n) is 5.33. The van der Waals surface area contributed by atoms with E-state index in [1.165, 1.54) is 24.0 Å². The average molecular weight is 188 g/mol. The zero-order valence-electron chi connectivity index (χ0n) is 8.62. The molecule has 0 N–H and O–H groups in total. The molecule has 0 atom stereocenters. The van der Waals surface area contributed by atoms with Gasteiger partial charge in [-0.3, -0.25) is 0 Å². The minimum Gasteiger partial charge on any atom is -0.489 e. The quantitative estimate of drug-likeness (QED) is 0.656. The summed E-state index contributed by atoms with van der Waals surface area (Å²) in [5.74, 6) is 1.08. The molecule has 1 heteroatoms. The molecule has 2 rings (SSSR count). The molecule has 0 amide bonds. The Balaban J connectivity index is 2.13. The Morgan fingerprint density at radius 2 is 2.21 bits per heavy atom. The van der Waals surface area contributed by atoms with Crippen LogP contribution in [0.5, 0.6) is 0 Å². The maximum atomic E-state index is 5.63. The standard InChI is InChI=1S/C13H16O/c1-2-3-4-9-13-12-8-6-5-7-11(12)10-14-13/h5-9H,2-4,10H2,1H3. The summed E-state index contributed by atoms with van der Waals surface area (Å²) in [7, 11) is 0. The average Bonchev–Trinajstić information content (AvgIpc) is 2.63. The highest BCUT2D eigenvalue weighted by Crippen LogP contribution is 2.29. The summed E-state index contributed by atoms with van der Waals surface area (Å²) in [6, 6.07) is 8.41. The van der Waals surface area contributed by atoms with Crippen LogP contribution in [-0.4, -0.2) is 0 Å². The largest absolute Gasteiger partial charge is 0.489 e. The van der Waals surface area contributed by atoms with E-state index in [2.05, 4.69) is 37.3 Å². The molecular formula is C13H16O. The van der Waals surface area contributed by atoms with Crippen molar-refractivity contribution >= 4 is 5.76 Å². The van der Waals surface area contributed by atoms with Gasteiger partial charge in [-0.1, -0.05) is 37.6 Å². The lowest BCUT2D eigenvalue weighted by atomic mass is 10.1. The molecule has 0 bridgehead atoms. The van der Waals surface area contributed by atoms with Crippen LogP contribution in [0.3, 0.4) is 0 Å². The number of unbranched alkanes of at least 4 members (excludes halogenated alkanes) is 2.